The maximum Gasteiger partial charge on any atom is 0.308 e. The number of aliphatic carboxylic acids is 1. The molecule has 1 aromatic carbocycles. The normalized spacial score (nSPS) is 20.3. The first-order valence-electron chi connectivity index (χ1n) is 8.16. The summed E-state index contributed by atoms with van der Waals surface area (Å²) in [4.78, 5) is 25.4. The quantitative estimate of drug-likeness (QED) is 0.864. The van der Waals surface area contributed by atoms with E-state index < -0.39 is 11.9 Å². The molecular formula is C18H25NO5. The van der Waals surface area contributed by atoms with Crippen molar-refractivity contribution in [1.82, 2.24) is 4.90 Å². The number of nitrogens with zero attached hydrogens (tertiary/aromatic N) is 1. The summed E-state index contributed by atoms with van der Waals surface area (Å²) in [5, 5.41) is 9.20. The standard InChI is InChI=1S/C18H25NO5/c1-11(2)10-24-15-6-5-13(7-16(15)23-4)17(20)19-8-12(3)14(9-19)18(21)22/h5-7,11-12,14H,8-10H2,1-4H3,(H,21,22)/t12-,14-/m1/s1. The summed E-state index contributed by atoms with van der Waals surface area (Å²) in [5.74, 6) is -0.113. The van der Waals surface area contributed by atoms with Gasteiger partial charge in [-0.3, -0.25) is 9.59 Å². The van der Waals surface area contributed by atoms with Crippen molar-refractivity contribution < 1.29 is 24.2 Å². The van der Waals surface area contributed by atoms with Gasteiger partial charge in [0.1, 0.15) is 0 Å². The lowest BCUT2D eigenvalue weighted by molar-refractivity contribution is -0.142. The summed E-state index contributed by atoms with van der Waals surface area (Å²) in [6.45, 7) is 7.21. The van der Waals surface area contributed by atoms with Crippen molar-refractivity contribution in [2.24, 2.45) is 17.8 Å². The summed E-state index contributed by atoms with van der Waals surface area (Å²) in [7, 11) is 1.53. The van der Waals surface area contributed by atoms with Crippen LogP contribution in [0.2, 0.25) is 0 Å². The minimum absolute atomic E-state index is 0.0537. The van der Waals surface area contributed by atoms with E-state index in [4.69, 9.17) is 9.47 Å². The number of benzene rings is 1. The van der Waals surface area contributed by atoms with Crippen LogP contribution in [0.15, 0.2) is 18.2 Å². The van der Waals surface area contributed by atoms with Crippen molar-refractivity contribution in [3.8, 4) is 11.5 Å². The van der Waals surface area contributed by atoms with Crippen LogP contribution < -0.4 is 9.47 Å². The number of carbonyl (C=O) groups is 2. The predicted octanol–water partition coefficient (Wildman–Crippen LogP) is 2.52. The van der Waals surface area contributed by atoms with Gasteiger partial charge in [-0.15, -0.1) is 0 Å². The molecule has 132 valence electrons. The Kier molecular flexibility index (Phi) is 5.70. The van der Waals surface area contributed by atoms with Crippen LogP contribution in [0.4, 0.5) is 0 Å². The van der Waals surface area contributed by atoms with E-state index in [-0.39, 0.29) is 18.4 Å². The minimum Gasteiger partial charge on any atom is -0.493 e. The highest BCUT2D eigenvalue weighted by Crippen LogP contribution is 2.30. The fraction of sp³-hybridized carbons (Fsp3) is 0.556. The highest BCUT2D eigenvalue weighted by atomic mass is 16.5. The van der Waals surface area contributed by atoms with Crippen molar-refractivity contribution in [2.45, 2.75) is 20.8 Å². The van der Waals surface area contributed by atoms with Gasteiger partial charge >= 0.3 is 5.97 Å². The average Bonchev–Trinajstić information content (AvgIpc) is 2.94. The topological polar surface area (TPSA) is 76.1 Å². The largest absolute Gasteiger partial charge is 0.493 e. The second-order valence-corrected chi connectivity index (χ2v) is 6.70. The Balaban J connectivity index is 2.14. The van der Waals surface area contributed by atoms with Gasteiger partial charge in [0.15, 0.2) is 11.5 Å². The van der Waals surface area contributed by atoms with Gasteiger partial charge in [0, 0.05) is 18.7 Å². The molecule has 2 rings (SSSR count). The molecule has 1 saturated heterocycles. The van der Waals surface area contributed by atoms with Crippen LogP contribution in [0.25, 0.3) is 0 Å². The van der Waals surface area contributed by atoms with Gasteiger partial charge in [0.25, 0.3) is 5.91 Å². The molecule has 6 heteroatoms. The summed E-state index contributed by atoms with van der Waals surface area (Å²) in [6, 6.07) is 5.07. The third-order valence-corrected chi connectivity index (χ3v) is 4.20. The number of carbonyl (C=O) groups excluding carboxylic acids is 1. The van der Waals surface area contributed by atoms with Crippen molar-refractivity contribution in [3.05, 3.63) is 23.8 Å². The van der Waals surface area contributed by atoms with Gasteiger partial charge in [-0.05, 0) is 30.0 Å². The van der Waals surface area contributed by atoms with Crippen LogP contribution >= 0.6 is 0 Å². The number of hydrogen-bond acceptors (Lipinski definition) is 4. The lowest BCUT2D eigenvalue weighted by Crippen LogP contribution is -2.29. The monoisotopic (exact) mass is 335 g/mol. The van der Waals surface area contributed by atoms with Gasteiger partial charge in [-0.1, -0.05) is 20.8 Å². The molecule has 0 saturated carbocycles. The highest BCUT2D eigenvalue weighted by molar-refractivity contribution is 5.95. The number of amides is 1. The fourth-order valence-electron chi connectivity index (χ4n) is 2.81. The van der Waals surface area contributed by atoms with E-state index in [2.05, 4.69) is 13.8 Å². The fourth-order valence-corrected chi connectivity index (χ4v) is 2.81. The van der Waals surface area contributed by atoms with Crippen molar-refractivity contribution in [2.75, 3.05) is 26.8 Å². The Labute approximate surface area is 142 Å². The zero-order valence-corrected chi connectivity index (χ0v) is 14.6. The first kappa shape index (κ1) is 18.1. The molecule has 1 aromatic rings. The third kappa shape index (κ3) is 3.99. The number of ether oxygens (including phenoxy) is 2. The maximum atomic E-state index is 12.6. The molecule has 0 spiro atoms. The maximum absolute atomic E-state index is 12.6. The van der Waals surface area contributed by atoms with Crippen molar-refractivity contribution in [1.29, 1.82) is 0 Å². The van der Waals surface area contributed by atoms with Gasteiger partial charge in [-0.2, -0.15) is 0 Å². The number of rotatable bonds is 6. The van der Waals surface area contributed by atoms with Crippen LogP contribution in [0.5, 0.6) is 11.5 Å². The van der Waals surface area contributed by atoms with Crippen LogP contribution in [-0.4, -0.2) is 48.7 Å². The van der Waals surface area contributed by atoms with E-state index in [9.17, 15) is 14.7 Å². The Hall–Kier alpha value is -2.24. The average molecular weight is 335 g/mol. The van der Waals surface area contributed by atoms with Crippen LogP contribution in [0.1, 0.15) is 31.1 Å². The molecule has 0 bridgehead atoms. The van der Waals surface area contributed by atoms with Gasteiger partial charge in [0.2, 0.25) is 0 Å². The molecule has 0 aromatic heterocycles. The molecular weight excluding hydrogens is 310 g/mol. The zero-order chi connectivity index (χ0) is 17.9. The summed E-state index contributed by atoms with van der Waals surface area (Å²) < 4.78 is 11.0. The van der Waals surface area contributed by atoms with E-state index >= 15 is 0 Å². The van der Waals surface area contributed by atoms with Crippen molar-refractivity contribution >= 4 is 11.9 Å². The minimum atomic E-state index is -0.854. The number of carboxylic acids is 1. The summed E-state index contributed by atoms with van der Waals surface area (Å²) >= 11 is 0. The van der Waals surface area contributed by atoms with Gasteiger partial charge in [-0.25, -0.2) is 0 Å². The van der Waals surface area contributed by atoms with Crippen molar-refractivity contribution in [3.63, 3.8) is 0 Å². The molecule has 1 N–H and O–H groups in total. The van der Waals surface area contributed by atoms with E-state index in [1.54, 1.807) is 23.1 Å². The summed E-state index contributed by atoms with van der Waals surface area (Å²) in [5.41, 5.74) is 0.474. The number of carboxylic acid groups (broad SMARTS) is 1. The van der Waals surface area contributed by atoms with Crippen LogP contribution in [0.3, 0.4) is 0 Å². The second-order valence-electron chi connectivity index (χ2n) is 6.70. The molecule has 1 fully saturated rings. The number of likely N-dealkylation sites (tertiary alicyclic amines) is 1. The first-order valence-corrected chi connectivity index (χ1v) is 8.16. The SMILES string of the molecule is COc1cc(C(=O)N2C[C@@H](C)[C@H](C(=O)O)C2)ccc1OCC(C)C. The predicted molar refractivity (Wildman–Crippen MR) is 89.5 cm³/mol. The number of methoxy groups -OCH3 is 1. The molecule has 1 heterocycles. The molecule has 0 aliphatic carbocycles. The Morgan fingerprint density at radius 2 is 2.00 bits per heavy atom. The zero-order valence-electron chi connectivity index (χ0n) is 14.6. The summed E-state index contributed by atoms with van der Waals surface area (Å²) in [6.07, 6.45) is 0. The van der Waals surface area contributed by atoms with E-state index in [1.807, 2.05) is 6.92 Å². The third-order valence-electron chi connectivity index (χ3n) is 4.20. The number of hydrogen-bond donors (Lipinski definition) is 1. The second kappa shape index (κ2) is 7.55. The lowest BCUT2D eigenvalue weighted by Gasteiger charge is -2.18. The van der Waals surface area contributed by atoms with Gasteiger partial charge in [0.05, 0.1) is 19.6 Å². The molecule has 24 heavy (non-hydrogen) atoms. The Bertz CT molecular complexity index is 613. The van der Waals surface area contributed by atoms with Crippen LogP contribution in [-0.2, 0) is 4.79 Å². The van der Waals surface area contributed by atoms with Crippen LogP contribution in [0, 0.1) is 17.8 Å². The van der Waals surface area contributed by atoms with Gasteiger partial charge < -0.3 is 19.5 Å². The smallest absolute Gasteiger partial charge is 0.308 e. The lowest BCUT2D eigenvalue weighted by atomic mass is 9.99. The van der Waals surface area contributed by atoms with E-state index in [1.165, 1.54) is 7.11 Å². The van der Waals surface area contributed by atoms with E-state index in [0.717, 1.165) is 0 Å². The molecule has 6 nitrogen and oxygen atoms in total. The highest BCUT2D eigenvalue weighted by Gasteiger charge is 2.37. The Morgan fingerprint density at radius 1 is 1.29 bits per heavy atom. The molecule has 1 aliphatic heterocycles. The molecule has 1 aliphatic rings. The Morgan fingerprint density at radius 3 is 2.54 bits per heavy atom. The first-order chi connectivity index (χ1) is 11.3. The molecule has 2 atom stereocenters. The molecule has 0 unspecified atom stereocenters. The molecule has 1 amide bonds. The molecule has 0 radical (unpaired) electrons. The van der Waals surface area contributed by atoms with E-state index in [0.29, 0.717) is 36.1 Å².